The SMILES string of the molecule is CN1Cc2ccccc2CC1C(=O)N(C)C1Cc2ccccc2C1. The highest BCUT2D eigenvalue weighted by molar-refractivity contribution is 5.83. The summed E-state index contributed by atoms with van der Waals surface area (Å²) >= 11 is 0. The van der Waals surface area contributed by atoms with Crippen LogP contribution < -0.4 is 0 Å². The molecular formula is C21H24N2O. The zero-order valence-corrected chi connectivity index (χ0v) is 14.4. The fraction of sp³-hybridized carbons (Fsp3) is 0.381. The lowest BCUT2D eigenvalue weighted by atomic mass is 9.93. The topological polar surface area (TPSA) is 23.6 Å². The highest BCUT2D eigenvalue weighted by Gasteiger charge is 2.35. The Kier molecular flexibility index (Phi) is 3.89. The number of fused-ring (bicyclic) bond motifs is 2. The highest BCUT2D eigenvalue weighted by Crippen LogP contribution is 2.27. The van der Waals surface area contributed by atoms with Crippen molar-refractivity contribution in [3.63, 3.8) is 0 Å². The van der Waals surface area contributed by atoms with Gasteiger partial charge in [-0.1, -0.05) is 48.5 Å². The third-order valence-electron chi connectivity index (χ3n) is 5.69. The lowest BCUT2D eigenvalue weighted by Crippen LogP contribution is -2.51. The van der Waals surface area contributed by atoms with E-state index in [1.807, 2.05) is 11.9 Å². The average molecular weight is 320 g/mol. The summed E-state index contributed by atoms with van der Waals surface area (Å²) in [7, 11) is 4.04. The van der Waals surface area contributed by atoms with Crippen molar-refractivity contribution < 1.29 is 4.79 Å². The summed E-state index contributed by atoms with van der Waals surface area (Å²) in [6, 6.07) is 17.3. The first-order chi connectivity index (χ1) is 11.6. The van der Waals surface area contributed by atoms with Crippen LogP contribution in [0.4, 0.5) is 0 Å². The molecule has 1 aliphatic heterocycles. The molecule has 0 aromatic heterocycles. The summed E-state index contributed by atoms with van der Waals surface area (Å²) in [6.07, 6.45) is 2.77. The second kappa shape index (κ2) is 6.06. The third-order valence-corrected chi connectivity index (χ3v) is 5.69. The first-order valence-electron chi connectivity index (χ1n) is 8.74. The number of hydrogen-bond donors (Lipinski definition) is 0. The summed E-state index contributed by atoms with van der Waals surface area (Å²) in [5.74, 6) is 0.254. The van der Waals surface area contributed by atoms with Gasteiger partial charge in [-0.05, 0) is 48.6 Å². The minimum Gasteiger partial charge on any atom is -0.341 e. The second-order valence-electron chi connectivity index (χ2n) is 7.18. The molecule has 4 rings (SSSR count). The van der Waals surface area contributed by atoms with Crippen molar-refractivity contribution in [2.75, 3.05) is 14.1 Å². The van der Waals surface area contributed by atoms with Crippen LogP contribution in [0.1, 0.15) is 22.3 Å². The Morgan fingerprint density at radius 1 is 0.917 bits per heavy atom. The van der Waals surface area contributed by atoms with Crippen LogP contribution in [0.25, 0.3) is 0 Å². The minimum absolute atomic E-state index is 0.0476. The van der Waals surface area contributed by atoms with Gasteiger partial charge in [0.15, 0.2) is 0 Å². The molecule has 1 unspecified atom stereocenters. The van der Waals surface area contributed by atoms with Crippen LogP contribution in [0.2, 0.25) is 0 Å². The number of carbonyl (C=O) groups is 1. The Morgan fingerprint density at radius 3 is 2.00 bits per heavy atom. The standard InChI is InChI=1S/C21H24N2O/c1-22-14-18-10-6-5-9-17(18)13-20(22)21(24)23(2)19-11-15-7-3-4-8-16(15)12-19/h3-10,19-20H,11-14H2,1-2H3. The van der Waals surface area contributed by atoms with E-state index in [0.717, 1.165) is 25.8 Å². The molecule has 124 valence electrons. The van der Waals surface area contributed by atoms with E-state index in [-0.39, 0.29) is 11.9 Å². The maximum Gasteiger partial charge on any atom is 0.240 e. The lowest BCUT2D eigenvalue weighted by Gasteiger charge is -2.37. The molecule has 0 bridgehead atoms. The summed E-state index contributed by atoms with van der Waals surface area (Å²) in [5.41, 5.74) is 5.45. The van der Waals surface area contributed by atoms with E-state index in [2.05, 4.69) is 60.5 Å². The molecule has 1 heterocycles. The summed E-state index contributed by atoms with van der Waals surface area (Å²) in [4.78, 5) is 17.3. The molecule has 0 radical (unpaired) electrons. The van der Waals surface area contributed by atoms with Crippen molar-refractivity contribution in [3.05, 3.63) is 70.8 Å². The molecular weight excluding hydrogens is 296 g/mol. The maximum atomic E-state index is 13.1. The van der Waals surface area contributed by atoms with E-state index in [1.54, 1.807) is 0 Å². The highest BCUT2D eigenvalue weighted by atomic mass is 16.2. The molecule has 2 aliphatic rings. The number of carbonyl (C=O) groups excluding carboxylic acids is 1. The van der Waals surface area contributed by atoms with Gasteiger partial charge in [-0.3, -0.25) is 9.69 Å². The van der Waals surface area contributed by atoms with Crippen LogP contribution in [0, 0.1) is 0 Å². The zero-order valence-electron chi connectivity index (χ0n) is 14.4. The number of nitrogens with zero attached hydrogens (tertiary/aromatic N) is 2. The molecule has 3 nitrogen and oxygen atoms in total. The van der Waals surface area contributed by atoms with Crippen LogP contribution >= 0.6 is 0 Å². The van der Waals surface area contributed by atoms with Gasteiger partial charge in [0, 0.05) is 19.6 Å². The molecule has 2 aromatic carbocycles. The van der Waals surface area contributed by atoms with Gasteiger partial charge in [0.2, 0.25) is 5.91 Å². The van der Waals surface area contributed by atoms with E-state index in [9.17, 15) is 4.79 Å². The van der Waals surface area contributed by atoms with Crippen molar-refractivity contribution in [1.29, 1.82) is 0 Å². The molecule has 0 saturated carbocycles. The van der Waals surface area contributed by atoms with Crippen LogP contribution in [0.3, 0.4) is 0 Å². The van der Waals surface area contributed by atoms with Crippen LogP contribution in [-0.4, -0.2) is 41.9 Å². The molecule has 24 heavy (non-hydrogen) atoms. The largest absolute Gasteiger partial charge is 0.341 e. The van der Waals surface area contributed by atoms with Gasteiger partial charge in [-0.15, -0.1) is 0 Å². The Hall–Kier alpha value is -2.13. The third kappa shape index (κ3) is 2.63. The molecule has 0 fully saturated rings. The fourth-order valence-electron chi connectivity index (χ4n) is 4.15. The molecule has 0 N–H and O–H groups in total. The number of likely N-dealkylation sites (N-methyl/N-ethyl adjacent to an activating group) is 2. The number of rotatable bonds is 2. The number of amides is 1. The zero-order chi connectivity index (χ0) is 16.7. The number of benzene rings is 2. The summed E-state index contributed by atoms with van der Waals surface area (Å²) in [5, 5.41) is 0. The second-order valence-corrected chi connectivity index (χ2v) is 7.18. The lowest BCUT2D eigenvalue weighted by molar-refractivity contribution is -0.137. The van der Waals surface area contributed by atoms with Crippen molar-refractivity contribution in [2.45, 2.75) is 37.9 Å². The predicted octanol–water partition coefficient (Wildman–Crippen LogP) is 2.67. The molecule has 2 aromatic rings. The van der Waals surface area contributed by atoms with Gasteiger partial charge in [-0.2, -0.15) is 0 Å². The van der Waals surface area contributed by atoms with E-state index < -0.39 is 0 Å². The van der Waals surface area contributed by atoms with Gasteiger partial charge < -0.3 is 4.90 Å². The van der Waals surface area contributed by atoms with E-state index in [1.165, 1.54) is 22.3 Å². The van der Waals surface area contributed by atoms with Crippen LogP contribution in [-0.2, 0) is 30.6 Å². The van der Waals surface area contributed by atoms with Gasteiger partial charge in [-0.25, -0.2) is 0 Å². The molecule has 1 atom stereocenters. The molecule has 0 spiro atoms. The van der Waals surface area contributed by atoms with Crippen LogP contribution in [0.5, 0.6) is 0 Å². The maximum absolute atomic E-state index is 13.1. The molecule has 3 heteroatoms. The van der Waals surface area contributed by atoms with Crippen molar-refractivity contribution in [1.82, 2.24) is 9.80 Å². The fourth-order valence-corrected chi connectivity index (χ4v) is 4.15. The Labute approximate surface area is 143 Å². The Bertz CT molecular complexity index is 745. The predicted molar refractivity (Wildman–Crippen MR) is 95.8 cm³/mol. The van der Waals surface area contributed by atoms with Gasteiger partial charge >= 0.3 is 0 Å². The number of hydrogen-bond acceptors (Lipinski definition) is 2. The van der Waals surface area contributed by atoms with Crippen molar-refractivity contribution in [2.24, 2.45) is 0 Å². The van der Waals surface area contributed by atoms with Crippen LogP contribution in [0.15, 0.2) is 48.5 Å². The van der Waals surface area contributed by atoms with Gasteiger partial charge in [0.1, 0.15) is 0 Å². The van der Waals surface area contributed by atoms with E-state index in [0.29, 0.717) is 6.04 Å². The molecule has 0 saturated heterocycles. The Balaban J connectivity index is 1.50. The van der Waals surface area contributed by atoms with Crippen molar-refractivity contribution in [3.8, 4) is 0 Å². The quantitative estimate of drug-likeness (QED) is 0.849. The average Bonchev–Trinajstić information content (AvgIpc) is 3.04. The van der Waals surface area contributed by atoms with E-state index in [4.69, 9.17) is 0 Å². The molecule has 1 amide bonds. The van der Waals surface area contributed by atoms with E-state index >= 15 is 0 Å². The normalized spacial score (nSPS) is 20.5. The summed E-state index contributed by atoms with van der Waals surface area (Å²) < 4.78 is 0. The first-order valence-corrected chi connectivity index (χ1v) is 8.74. The Morgan fingerprint density at radius 2 is 1.42 bits per heavy atom. The minimum atomic E-state index is -0.0476. The monoisotopic (exact) mass is 320 g/mol. The van der Waals surface area contributed by atoms with Gasteiger partial charge in [0.05, 0.1) is 6.04 Å². The molecule has 1 aliphatic carbocycles. The smallest absolute Gasteiger partial charge is 0.240 e. The first kappa shape index (κ1) is 15.4. The van der Waals surface area contributed by atoms with Gasteiger partial charge in [0.25, 0.3) is 0 Å². The van der Waals surface area contributed by atoms with Crippen molar-refractivity contribution >= 4 is 5.91 Å². The summed E-state index contributed by atoms with van der Waals surface area (Å²) in [6.45, 7) is 0.852.